The van der Waals surface area contributed by atoms with Gasteiger partial charge in [0.05, 0.1) is 11.4 Å². The first kappa shape index (κ1) is 10.7. The van der Waals surface area contributed by atoms with Gasteiger partial charge in [-0.05, 0) is 32.9 Å². The van der Waals surface area contributed by atoms with Crippen molar-refractivity contribution >= 4 is 5.95 Å². The summed E-state index contributed by atoms with van der Waals surface area (Å²) in [6, 6.07) is 4.33. The molecule has 0 aliphatic heterocycles. The van der Waals surface area contributed by atoms with Crippen molar-refractivity contribution in [2.45, 2.75) is 26.8 Å². The minimum Gasteiger partial charge on any atom is -0.353 e. The van der Waals surface area contributed by atoms with Gasteiger partial charge in [0.1, 0.15) is 0 Å². The van der Waals surface area contributed by atoms with E-state index in [9.17, 15) is 0 Å². The molecule has 4 nitrogen and oxygen atoms in total. The molecule has 0 saturated heterocycles. The summed E-state index contributed by atoms with van der Waals surface area (Å²) in [5, 5.41) is 3.30. The van der Waals surface area contributed by atoms with Crippen LogP contribution in [-0.4, -0.2) is 20.6 Å². The van der Waals surface area contributed by atoms with Gasteiger partial charge in [0, 0.05) is 24.6 Å². The van der Waals surface area contributed by atoms with Gasteiger partial charge in [0.25, 0.3) is 0 Å². The van der Waals surface area contributed by atoms with Crippen LogP contribution in [0.3, 0.4) is 0 Å². The van der Waals surface area contributed by atoms with Gasteiger partial charge in [-0.1, -0.05) is 0 Å². The molecule has 0 radical (unpaired) electrons. The second kappa shape index (κ2) is 4.35. The predicted octanol–water partition coefficient (Wildman–Crippen LogP) is 2.40. The third-order valence-electron chi connectivity index (χ3n) is 2.30. The van der Waals surface area contributed by atoms with Crippen LogP contribution in [0.2, 0.25) is 0 Å². The third kappa shape index (κ3) is 2.05. The first-order chi connectivity index (χ1) is 7.68. The highest BCUT2D eigenvalue weighted by atomic mass is 15.2. The highest BCUT2D eigenvalue weighted by Gasteiger charge is 2.07. The Kier molecular flexibility index (Phi) is 2.90. The fourth-order valence-electron chi connectivity index (χ4n) is 1.59. The van der Waals surface area contributed by atoms with Crippen molar-refractivity contribution in [3.05, 3.63) is 36.4 Å². The van der Waals surface area contributed by atoms with E-state index in [4.69, 9.17) is 0 Å². The van der Waals surface area contributed by atoms with Crippen LogP contribution in [0.5, 0.6) is 0 Å². The van der Waals surface area contributed by atoms with Crippen molar-refractivity contribution in [2.75, 3.05) is 5.32 Å². The molecule has 2 aromatic heterocycles. The zero-order chi connectivity index (χ0) is 11.5. The SMILES string of the molecule is Cc1ncccc1-n1ccnc1NC(C)C. The first-order valence-electron chi connectivity index (χ1n) is 5.40. The van der Waals surface area contributed by atoms with E-state index in [1.165, 1.54) is 0 Å². The normalized spacial score (nSPS) is 10.8. The average Bonchev–Trinajstić information content (AvgIpc) is 2.66. The van der Waals surface area contributed by atoms with Gasteiger partial charge in [-0.25, -0.2) is 4.98 Å². The molecular weight excluding hydrogens is 200 g/mol. The molecule has 1 N–H and O–H groups in total. The van der Waals surface area contributed by atoms with E-state index >= 15 is 0 Å². The van der Waals surface area contributed by atoms with Gasteiger partial charge in [0.2, 0.25) is 5.95 Å². The Labute approximate surface area is 95.4 Å². The Morgan fingerprint density at radius 2 is 2.06 bits per heavy atom. The van der Waals surface area contributed by atoms with Crippen LogP contribution in [0, 0.1) is 6.92 Å². The number of nitrogens with one attached hydrogen (secondary N) is 1. The monoisotopic (exact) mass is 216 g/mol. The second-order valence-corrected chi connectivity index (χ2v) is 4.03. The van der Waals surface area contributed by atoms with E-state index in [0.29, 0.717) is 6.04 Å². The molecule has 0 spiro atoms. The van der Waals surface area contributed by atoms with Crippen LogP contribution in [0.1, 0.15) is 19.5 Å². The van der Waals surface area contributed by atoms with Gasteiger partial charge in [-0.15, -0.1) is 0 Å². The van der Waals surface area contributed by atoms with Crippen LogP contribution in [0.4, 0.5) is 5.95 Å². The van der Waals surface area contributed by atoms with Crippen LogP contribution in [0.25, 0.3) is 5.69 Å². The third-order valence-corrected chi connectivity index (χ3v) is 2.30. The smallest absolute Gasteiger partial charge is 0.207 e. The van der Waals surface area contributed by atoms with Crippen molar-refractivity contribution in [1.82, 2.24) is 14.5 Å². The average molecular weight is 216 g/mol. The fraction of sp³-hybridized carbons (Fsp3) is 0.333. The van der Waals surface area contributed by atoms with Gasteiger partial charge in [-0.3, -0.25) is 9.55 Å². The number of hydrogen-bond donors (Lipinski definition) is 1. The lowest BCUT2D eigenvalue weighted by Gasteiger charge is -2.13. The summed E-state index contributed by atoms with van der Waals surface area (Å²) in [5.41, 5.74) is 2.05. The fourth-order valence-corrected chi connectivity index (χ4v) is 1.59. The molecule has 2 aromatic rings. The van der Waals surface area contributed by atoms with E-state index in [1.807, 2.05) is 29.8 Å². The van der Waals surface area contributed by atoms with Gasteiger partial charge < -0.3 is 5.32 Å². The molecule has 0 fully saturated rings. The highest BCUT2D eigenvalue weighted by molar-refractivity contribution is 5.44. The van der Waals surface area contributed by atoms with E-state index in [0.717, 1.165) is 17.3 Å². The van der Waals surface area contributed by atoms with Gasteiger partial charge in [-0.2, -0.15) is 0 Å². The van der Waals surface area contributed by atoms with E-state index in [1.54, 1.807) is 12.4 Å². The van der Waals surface area contributed by atoms with Crippen molar-refractivity contribution in [3.63, 3.8) is 0 Å². The van der Waals surface area contributed by atoms with Crippen LogP contribution >= 0.6 is 0 Å². The maximum Gasteiger partial charge on any atom is 0.207 e. The number of aryl methyl sites for hydroxylation is 1. The largest absolute Gasteiger partial charge is 0.353 e. The van der Waals surface area contributed by atoms with Crippen molar-refractivity contribution < 1.29 is 0 Å². The van der Waals surface area contributed by atoms with Gasteiger partial charge in [0.15, 0.2) is 0 Å². The number of rotatable bonds is 3. The maximum atomic E-state index is 4.30. The zero-order valence-electron chi connectivity index (χ0n) is 9.81. The maximum absolute atomic E-state index is 4.30. The van der Waals surface area contributed by atoms with Gasteiger partial charge >= 0.3 is 0 Å². The lowest BCUT2D eigenvalue weighted by Crippen LogP contribution is -2.14. The number of anilines is 1. The predicted molar refractivity (Wildman–Crippen MR) is 64.9 cm³/mol. The van der Waals surface area contributed by atoms with Crippen LogP contribution in [0.15, 0.2) is 30.7 Å². The topological polar surface area (TPSA) is 42.7 Å². The summed E-state index contributed by atoms with van der Waals surface area (Å²) in [5.74, 6) is 0.853. The Hall–Kier alpha value is -1.84. The summed E-state index contributed by atoms with van der Waals surface area (Å²) in [6.07, 6.45) is 5.52. The quantitative estimate of drug-likeness (QED) is 0.856. The minimum absolute atomic E-state index is 0.359. The molecule has 0 aliphatic carbocycles. The van der Waals surface area contributed by atoms with Crippen LogP contribution < -0.4 is 5.32 Å². The molecule has 4 heteroatoms. The zero-order valence-corrected chi connectivity index (χ0v) is 9.81. The lowest BCUT2D eigenvalue weighted by atomic mass is 10.3. The summed E-state index contributed by atoms with van der Waals surface area (Å²) < 4.78 is 2.02. The summed E-state index contributed by atoms with van der Waals surface area (Å²) in [7, 11) is 0. The molecule has 0 bridgehead atoms. The molecule has 0 aliphatic rings. The number of imidazole rings is 1. The second-order valence-electron chi connectivity index (χ2n) is 4.03. The molecule has 84 valence electrons. The Morgan fingerprint density at radius 3 is 2.75 bits per heavy atom. The Morgan fingerprint density at radius 1 is 1.25 bits per heavy atom. The molecule has 0 aromatic carbocycles. The number of nitrogens with zero attached hydrogens (tertiary/aromatic N) is 3. The molecule has 2 heterocycles. The number of pyridine rings is 1. The van der Waals surface area contributed by atoms with E-state index in [-0.39, 0.29) is 0 Å². The van der Waals surface area contributed by atoms with Crippen molar-refractivity contribution in [2.24, 2.45) is 0 Å². The van der Waals surface area contributed by atoms with E-state index < -0.39 is 0 Å². The molecule has 16 heavy (non-hydrogen) atoms. The van der Waals surface area contributed by atoms with Crippen molar-refractivity contribution in [1.29, 1.82) is 0 Å². The lowest BCUT2D eigenvalue weighted by molar-refractivity contribution is 0.861. The molecular formula is C12H16N4. The van der Waals surface area contributed by atoms with Crippen LogP contribution in [-0.2, 0) is 0 Å². The summed E-state index contributed by atoms with van der Waals surface area (Å²) >= 11 is 0. The summed E-state index contributed by atoms with van der Waals surface area (Å²) in [6.45, 7) is 6.18. The molecule has 0 saturated carbocycles. The Bertz CT molecular complexity index is 473. The Balaban J connectivity index is 2.41. The van der Waals surface area contributed by atoms with E-state index in [2.05, 4.69) is 29.1 Å². The number of aromatic nitrogens is 3. The highest BCUT2D eigenvalue weighted by Crippen LogP contribution is 2.16. The minimum atomic E-state index is 0.359. The molecule has 0 atom stereocenters. The standard InChI is InChI=1S/C12H16N4/c1-9(2)15-12-14-7-8-16(12)11-5-4-6-13-10(11)3/h4-9H,1-3H3,(H,14,15). The summed E-state index contributed by atoms with van der Waals surface area (Å²) in [4.78, 5) is 8.58. The van der Waals surface area contributed by atoms with Crippen molar-refractivity contribution in [3.8, 4) is 5.69 Å². The first-order valence-corrected chi connectivity index (χ1v) is 5.40. The number of hydrogen-bond acceptors (Lipinski definition) is 3. The molecule has 2 rings (SSSR count). The molecule has 0 unspecified atom stereocenters. The molecule has 0 amide bonds.